The first-order valence-corrected chi connectivity index (χ1v) is 8.96. The second kappa shape index (κ2) is 5.20. The molecule has 2 aliphatic rings. The van der Waals surface area contributed by atoms with Gasteiger partial charge in [-0.05, 0) is 43.0 Å². The lowest BCUT2D eigenvalue weighted by Crippen LogP contribution is -2.16. The quantitative estimate of drug-likeness (QED) is 0.887. The standard InChI is InChI=1S/C14H14ClN3S2/c15-9-3-4-12-10(7-9)11(5-6-19-12)16-14-17-13(18-20-14)8-1-2-8/h3-4,7-8,11H,1-2,5-6H2,(H,16,17,18). The van der Waals surface area contributed by atoms with Crippen molar-refractivity contribution in [1.82, 2.24) is 9.36 Å². The van der Waals surface area contributed by atoms with E-state index in [0.29, 0.717) is 12.0 Å². The van der Waals surface area contributed by atoms with Gasteiger partial charge in [0.15, 0.2) is 0 Å². The van der Waals surface area contributed by atoms with Crippen LogP contribution in [0.4, 0.5) is 5.13 Å². The predicted octanol–water partition coefficient (Wildman–Crippen LogP) is 4.72. The van der Waals surface area contributed by atoms with Crippen LogP contribution < -0.4 is 5.32 Å². The summed E-state index contributed by atoms with van der Waals surface area (Å²) in [5, 5.41) is 5.28. The van der Waals surface area contributed by atoms with Crippen LogP contribution in [0, 0.1) is 0 Å². The van der Waals surface area contributed by atoms with Gasteiger partial charge in [0.1, 0.15) is 5.82 Å². The molecule has 1 atom stereocenters. The number of nitrogens with one attached hydrogen (secondary N) is 1. The average molecular weight is 324 g/mol. The number of thioether (sulfide) groups is 1. The number of hydrogen-bond donors (Lipinski definition) is 1. The van der Waals surface area contributed by atoms with Gasteiger partial charge in [0.25, 0.3) is 0 Å². The fourth-order valence-electron chi connectivity index (χ4n) is 2.47. The third-order valence-electron chi connectivity index (χ3n) is 3.69. The van der Waals surface area contributed by atoms with Gasteiger partial charge in [0.2, 0.25) is 5.13 Å². The number of anilines is 1. The number of hydrogen-bond acceptors (Lipinski definition) is 5. The summed E-state index contributed by atoms with van der Waals surface area (Å²) in [6.45, 7) is 0. The first kappa shape index (κ1) is 12.9. The monoisotopic (exact) mass is 323 g/mol. The molecule has 3 nitrogen and oxygen atoms in total. The molecule has 1 fully saturated rings. The Kier molecular flexibility index (Phi) is 3.36. The fourth-order valence-corrected chi connectivity index (χ4v) is 4.45. The Morgan fingerprint density at radius 3 is 3.00 bits per heavy atom. The summed E-state index contributed by atoms with van der Waals surface area (Å²) < 4.78 is 4.45. The summed E-state index contributed by atoms with van der Waals surface area (Å²) in [5.74, 6) is 2.76. The van der Waals surface area contributed by atoms with Crippen LogP contribution in [0.5, 0.6) is 0 Å². The molecule has 2 heterocycles. The van der Waals surface area contributed by atoms with Gasteiger partial charge in [-0.1, -0.05) is 11.6 Å². The number of nitrogens with zero attached hydrogens (tertiary/aromatic N) is 2. The van der Waals surface area contributed by atoms with Gasteiger partial charge >= 0.3 is 0 Å². The highest BCUT2D eigenvalue weighted by Gasteiger charge is 2.28. The van der Waals surface area contributed by atoms with Gasteiger partial charge in [0, 0.05) is 33.1 Å². The van der Waals surface area contributed by atoms with Crippen LogP contribution in [0.25, 0.3) is 0 Å². The Morgan fingerprint density at radius 1 is 1.25 bits per heavy atom. The molecular weight excluding hydrogens is 310 g/mol. The lowest BCUT2D eigenvalue weighted by Gasteiger charge is -2.25. The maximum Gasteiger partial charge on any atom is 0.203 e. The van der Waals surface area contributed by atoms with Gasteiger partial charge < -0.3 is 5.32 Å². The molecule has 104 valence electrons. The molecule has 0 bridgehead atoms. The Morgan fingerprint density at radius 2 is 2.15 bits per heavy atom. The van der Waals surface area contributed by atoms with E-state index in [1.807, 2.05) is 17.8 Å². The molecule has 0 spiro atoms. The number of benzene rings is 1. The second-order valence-electron chi connectivity index (χ2n) is 5.25. The van der Waals surface area contributed by atoms with E-state index in [1.54, 1.807) is 0 Å². The van der Waals surface area contributed by atoms with Crippen molar-refractivity contribution in [3.8, 4) is 0 Å². The molecule has 20 heavy (non-hydrogen) atoms. The SMILES string of the molecule is Clc1ccc2c(c1)C(Nc1nc(C3CC3)ns1)CCS2. The molecule has 1 aliphatic carbocycles. The summed E-state index contributed by atoms with van der Waals surface area (Å²) in [6.07, 6.45) is 3.58. The van der Waals surface area contributed by atoms with Crippen molar-refractivity contribution in [2.45, 2.75) is 36.1 Å². The Balaban J connectivity index is 1.58. The molecule has 1 N–H and O–H groups in total. The van der Waals surface area contributed by atoms with Crippen molar-refractivity contribution in [1.29, 1.82) is 0 Å². The van der Waals surface area contributed by atoms with E-state index in [-0.39, 0.29) is 0 Å². The topological polar surface area (TPSA) is 37.8 Å². The first-order chi connectivity index (χ1) is 9.79. The molecule has 2 aromatic rings. The summed E-state index contributed by atoms with van der Waals surface area (Å²) in [6, 6.07) is 6.45. The Labute approximate surface area is 131 Å². The van der Waals surface area contributed by atoms with Crippen molar-refractivity contribution in [3.05, 3.63) is 34.6 Å². The van der Waals surface area contributed by atoms with E-state index < -0.39 is 0 Å². The Bertz CT molecular complexity index is 639. The van der Waals surface area contributed by atoms with Gasteiger partial charge in [-0.3, -0.25) is 0 Å². The van der Waals surface area contributed by atoms with Crippen LogP contribution in [0.3, 0.4) is 0 Å². The third kappa shape index (κ3) is 2.54. The maximum absolute atomic E-state index is 6.14. The minimum absolute atomic E-state index is 0.296. The minimum atomic E-state index is 0.296. The van der Waals surface area contributed by atoms with E-state index in [2.05, 4.69) is 26.8 Å². The highest BCUT2D eigenvalue weighted by Crippen LogP contribution is 2.41. The lowest BCUT2D eigenvalue weighted by atomic mass is 10.0. The highest BCUT2D eigenvalue weighted by atomic mass is 35.5. The van der Waals surface area contributed by atoms with E-state index >= 15 is 0 Å². The summed E-state index contributed by atoms with van der Waals surface area (Å²) in [7, 11) is 0. The lowest BCUT2D eigenvalue weighted by molar-refractivity contribution is 0.726. The maximum atomic E-state index is 6.14. The van der Waals surface area contributed by atoms with E-state index in [4.69, 9.17) is 11.6 Å². The Hall–Kier alpha value is -0.780. The van der Waals surface area contributed by atoms with Crippen molar-refractivity contribution in [3.63, 3.8) is 0 Å². The number of rotatable bonds is 3. The van der Waals surface area contributed by atoms with Crippen LogP contribution in [0.15, 0.2) is 23.1 Å². The third-order valence-corrected chi connectivity index (χ3v) is 5.71. The molecule has 0 radical (unpaired) electrons. The molecule has 0 amide bonds. The predicted molar refractivity (Wildman–Crippen MR) is 85.0 cm³/mol. The molecule has 1 aromatic heterocycles. The normalized spacial score (nSPS) is 21.6. The average Bonchev–Trinajstić information content (AvgIpc) is 3.20. The van der Waals surface area contributed by atoms with Gasteiger partial charge in [-0.2, -0.15) is 4.37 Å². The van der Waals surface area contributed by atoms with Crippen LogP contribution in [0.2, 0.25) is 5.02 Å². The smallest absolute Gasteiger partial charge is 0.203 e. The molecular formula is C14H14ClN3S2. The fraction of sp³-hybridized carbons (Fsp3) is 0.429. The van der Waals surface area contributed by atoms with E-state index in [0.717, 1.165) is 28.2 Å². The van der Waals surface area contributed by atoms with Crippen LogP contribution in [0.1, 0.15) is 42.6 Å². The molecule has 1 aliphatic heterocycles. The largest absolute Gasteiger partial charge is 0.353 e. The van der Waals surface area contributed by atoms with Gasteiger partial charge in [0.05, 0.1) is 6.04 Å². The zero-order valence-electron chi connectivity index (χ0n) is 10.8. The number of halogens is 1. The molecule has 4 rings (SSSR count). The van der Waals surface area contributed by atoms with Crippen LogP contribution in [-0.2, 0) is 0 Å². The zero-order chi connectivity index (χ0) is 13.5. The van der Waals surface area contributed by atoms with Crippen molar-refractivity contribution in [2.24, 2.45) is 0 Å². The zero-order valence-corrected chi connectivity index (χ0v) is 13.2. The molecule has 1 aromatic carbocycles. The van der Waals surface area contributed by atoms with Crippen LogP contribution >= 0.6 is 34.9 Å². The van der Waals surface area contributed by atoms with Crippen molar-refractivity contribution in [2.75, 3.05) is 11.1 Å². The number of fused-ring (bicyclic) bond motifs is 1. The summed E-state index contributed by atoms with van der Waals surface area (Å²) >= 11 is 9.52. The van der Waals surface area contributed by atoms with Crippen LogP contribution in [-0.4, -0.2) is 15.1 Å². The van der Waals surface area contributed by atoms with Crippen molar-refractivity contribution < 1.29 is 0 Å². The number of aromatic nitrogens is 2. The summed E-state index contributed by atoms with van der Waals surface area (Å²) in [4.78, 5) is 5.94. The second-order valence-corrected chi connectivity index (χ2v) is 7.57. The van der Waals surface area contributed by atoms with E-state index in [1.165, 1.54) is 34.8 Å². The highest BCUT2D eigenvalue weighted by molar-refractivity contribution is 7.99. The van der Waals surface area contributed by atoms with E-state index in [9.17, 15) is 0 Å². The molecule has 1 unspecified atom stereocenters. The summed E-state index contributed by atoms with van der Waals surface area (Å²) in [5.41, 5.74) is 1.29. The minimum Gasteiger partial charge on any atom is -0.353 e. The molecule has 0 saturated heterocycles. The van der Waals surface area contributed by atoms with Crippen molar-refractivity contribution >= 4 is 40.0 Å². The van der Waals surface area contributed by atoms with Gasteiger partial charge in [-0.15, -0.1) is 11.8 Å². The molecule has 6 heteroatoms. The molecule has 1 saturated carbocycles. The first-order valence-electron chi connectivity index (χ1n) is 6.82. The van der Waals surface area contributed by atoms with Gasteiger partial charge in [-0.25, -0.2) is 4.98 Å².